The standard InChI is InChI=1S/C23H48N2O/c1-5-9-12-13-14-15-16-17-18-19-23(26)24-22(8-4)25(20-10-6-2)21-11-7-3/h22H,5-21H2,1-4H3,(H,24,26). The monoisotopic (exact) mass is 368 g/mol. The second-order valence-electron chi connectivity index (χ2n) is 7.81. The molecule has 0 aromatic heterocycles. The maximum Gasteiger partial charge on any atom is 0.221 e. The average Bonchev–Trinajstić information content (AvgIpc) is 2.65. The summed E-state index contributed by atoms with van der Waals surface area (Å²) in [4.78, 5) is 14.8. The van der Waals surface area contributed by atoms with Crippen LogP contribution < -0.4 is 5.32 Å². The molecule has 0 aliphatic carbocycles. The van der Waals surface area contributed by atoms with Gasteiger partial charge in [-0.25, -0.2) is 0 Å². The number of nitrogens with zero attached hydrogens (tertiary/aromatic N) is 1. The van der Waals surface area contributed by atoms with Gasteiger partial charge in [0.1, 0.15) is 0 Å². The van der Waals surface area contributed by atoms with Crippen LogP contribution in [-0.4, -0.2) is 30.1 Å². The molecule has 0 aromatic rings. The molecular formula is C23H48N2O. The first kappa shape index (κ1) is 25.4. The van der Waals surface area contributed by atoms with Gasteiger partial charge in [0.2, 0.25) is 5.91 Å². The summed E-state index contributed by atoms with van der Waals surface area (Å²) in [5.41, 5.74) is 0. The highest BCUT2D eigenvalue weighted by molar-refractivity contribution is 5.76. The molecule has 26 heavy (non-hydrogen) atoms. The number of nitrogens with one attached hydrogen (secondary N) is 1. The Morgan fingerprint density at radius 1 is 0.692 bits per heavy atom. The molecule has 0 heterocycles. The van der Waals surface area contributed by atoms with E-state index in [9.17, 15) is 4.79 Å². The lowest BCUT2D eigenvalue weighted by Gasteiger charge is -2.31. The quantitative estimate of drug-likeness (QED) is 0.204. The Morgan fingerprint density at radius 3 is 1.62 bits per heavy atom. The summed E-state index contributed by atoms with van der Waals surface area (Å²) < 4.78 is 0. The minimum atomic E-state index is 0.221. The van der Waals surface area contributed by atoms with Gasteiger partial charge in [-0.05, 0) is 25.7 Å². The van der Waals surface area contributed by atoms with Gasteiger partial charge >= 0.3 is 0 Å². The number of carbonyl (C=O) groups excluding carboxylic acids is 1. The molecule has 0 aliphatic rings. The summed E-state index contributed by atoms with van der Waals surface area (Å²) in [6.45, 7) is 11.1. The molecule has 0 fully saturated rings. The maximum absolute atomic E-state index is 12.3. The Bertz CT molecular complexity index is 299. The fourth-order valence-corrected chi connectivity index (χ4v) is 3.45. The topological polar surface area (TPSA) is 32.3 Å². The molecule has 0 aromatic carbocycles. The summed E-state index contributed by atoms with van der Waals surface area (Å²) in [7, 11) is 0. The first-order valence-electron chi connectivity index (χ1n) is 11.7. The molecule has 0 spiro atoms. The molecule has 0 aliphatic heterocycles. The van der Waals surface area contributed by atoms with Crippen molar-refractivity contribution >= 4 is 5.91 Å². The molecule has 0 saturated heterocycles. The van der Waals surface area contributed by atoms with Gasteiger partial charge in [-0.2, -0.15) is 0 Å². The zero-order valence-electron chi connectivity index (χ0n) is 18.5. The molecule has 1 amide bonds. The van der Waals surface area contributed by atoms with Crippen LogP contribution in [0.2, 0.25) is 0 Å². The van der Waals surface area contributed by atoms with E-state index < -0.39 is 0 Å². The second kappa shape index (κ2) is 19.2. The van der Waals surface area contributed by atoms with Crippen molar-refractivity contribution in [1.29, 1.82) is 0 Å². The summed E-state index contributed by atoms with van der Waals surface area (Å²) in [6.07, 6.45) is 18.5. The van der Waals surface area contributed by atoms with Gasteiger partial charge in [-0.1, -0.05) is 91.9 Å². The molecule has 1 atom stereocenters. The predicted octanol–water partition coefficient (Wildman–Crippen LogP) is 6.66. The van der Waals surface area contributed by atoms with Gasteiger partial charge in [0.25, 0.3) is 0 Å². The third-order valence-electron chi connectivity index (χ3n) is 5.26. The van der Waals surface area contributed by atoms with Crippen LogP contribution in [0.5, 0.6) is 0 Å². The Hall–Kier alpha value is -0.570. The number of rotatable bonds is 19. The molecule has 0 saturated carbocycles. The molecule has 3 nitrogen and oxygen atoms in total. The van der Waals surface area contributed by atoms with E-state index in [1.807, 2.05) is 0 Å². The Balaban J connectivity index is 3.93. The second-order valence-corrected chi connectivity index (χ2v) is 7.81. The first-order valence-corrected chi connectivity index (χ1v) is 11.7. The van der Waals surface area contributed by atoms with E-state index in [2.05, 4.69) is 37.9 Å². The van der Waals surface area contributed by atoms with Gasteiger partial charge in [-0.3, -0.25) is 9.69 Å². The van der Waals surface area contributed by atoms with Gasteiger partial charge in [0, 0.05) is 19.5 Å². The minimum Gasteiger partial charge on any atom is -0.341 e. The van der Waals surface area contributed by atoms with Crippen LogP contribution in [0.3, 0.4) is 0 Å². The molecule has 1 N–H and O–H groups in total. The lowest BCUT2D eigenvalue weighted by Crippen LogP contribution is -2.48. The number of unbranched alkanes of at least 4 members (excludes halogenated alkanes) is 10. The van der Waals surface area contributed by atoms with Crippen molar-refractivity contribution in [3.05, 3.63) is 0 Å². The highest BCUT2D eigenvalue weighted by Crippen LogP contribution is 2.11. The summed E-state index contributed by atoms with van der Waals surface area (Å²) >= 11 is 0. The van der Waals surface area contributed by atoms with Crippen LogP contribution in [0.4, 0.5) is 0 Å². The van der Waals surface area contributed by atoms with Crippen LogP contribution in [0.15, 0.2) is 0 Å². The van der Waals surface area contributed by atoms with Crippen LogP contribution in [0.25, 0.3) is 0 Å². The molecule has 156 valence electrons. The number of hydrogen-bond acceptors (Lipinski definition) is 2. The number of amides is 1. The van der Waals surface area contributed by atoms with Crippen LogP contribution in [-0.2, 0) is 4.79 Å². The third kappa shape index (κ3) is 14.6. The molecular weight excluding hydrogens is 320 g/mol. The zero-order chi connectivity index (χ0) is 19.5. The van der Waals surface area contributed by atoms with Gasteiger partial charge < -0.3 is 5.32 Å². The van der Waals surface area contributed by atoms with Crippen molar-refractivity contribution in [2.45, 2.75) is 130 Å². The number of hydrogen-bond donors (Lipinski definition) is 1. The lowest BCUT2D eigenvalue weighted by atomic mass is 10.1. The van der Waals surface area contributed by atoms with E-state index in [-0.39, 0.29) is 12.1 Å². The zero-order valence-corrected chi connectivity index (χ0v) is 18.5. The van der Waals surface area contributed by atoms with E-state index in [1.54, 1.807) is 0 Å². The molecule has 0 rings (SSSR count). The van der Waals surface area contributed by atoms with Crippen molar-refractivity contribution in [2.75, 3.05) is 13.1 Å². The normalized spacial score (nSPS) is 12.5. The Kier molecular flexibility index (Phi) is 18.8. The van der Waals surface area contributed by atoms with E-state index >= 15 is 0 Å². The van der Waals surface area contributed by atoms with E-state index in [1.165, 1.54) is 77.0 Å². The van der Waals surface area contributed by atoms with Gasteiger partial charge in [0.05, 0.1) is 6.17 Å². The Labute approximate surface area is 164 Å². The van der Waals surface area contributed by atoms with E-state index in [0.717, 1.165) is 25.9 Å². The van der Waals surface area contributed by atoms with Crippen LogP contribution in [0.1, 0.15) is 124 Å². The van der Waals surface area contributed by atoms with Crippen molar-refractivity contribution in [1.82, 2.24) is 10.2 Å². The summed E-state index contributed by atoms with van der Waals surface area (Å²) in [5, 5.41) is 3.30. The average molecular weight is 369 g/mol. The van der Waals surface area contributed by atoms with Gasteiger partial charge in [-0.15, -0.1) is 0 Å². The largest absolute Gasteiger partial charge is 0.341 e. The van der Waals surface area contributed by atoms with Crippen LogP contribution >= 0.6 is 0 Å². The third-order valence-corrected chi connectivity index (χ3v) is 5.26. The van der Waals surface area contributed by atoms with Gasteiger partial charge in [0.15, 0.2) is 0 Å². The number of carbonyl (C=O) groups is 1. The minimum absolute atomic E-state index is 0.221. The maximum atomic E-state index is 12.3. The fourth-order valence-electron chi connectivity index (χ4n) is 3.45. The van der Waals surface area contributed by atoms with Crippen molar-refractivity contribution in [3.63, 3.8) is 0 Å². The van der Waals surface area contributed by atoms with E-state index in [4.69, 9.17) is 0 Å². The first-order chi connectivity index (χ1) is 12.7. The highest BCUT2D eigenvalue weighted by Gasteiger charge is 2.17. The molecule has 3 heteroatoms. The smallest absolute Gasteiger partial charge is 0.221 e. The fraction of sp³-hybridized carbons (Fsp3) is 0.957. The highest BCUT2D eigenvalue weighted by atomic mass is 16.1. The van der Waals surface area contributed by atoms with Crippen molar-refractivity contribution < 1.29 is 4.79 Å². The molecule has 0 bridgehead atoms. The SMILES string of the molecule is CCCCCCCCCCCC(=O)NC(CC)N(CCCC)CCCC. The van der Waals surface area contributed by atoms with Crippen molar-refractivity contribution in [3.8, 4) is 0 Å². The summed E-state index contributed by atoms with van der Waals surface area (Å²) in [5.74, 6) is 0.248. The molecule has 1 unspecified atom stereocenters. The molecule has 0 radical (unpaired) electrons. The Morgan fingerprint density at radius 2 is 1.15 bits per heavy atom. The summed E-state index contributed by atoms with van der Waals surface area (Å²) in [6, 6.07) is 0. The predicted molar refractivity (Wildman–Crippen MR) is 115 cm³/mol. The van der Waals surface area contributed by atoms with Crippen molar-refractivity contribution in [2.24, 2.45) is 0 Å². The lowest BCUT2D eigenvalue weighted by molar-refractivity contribution is -0.123. The van der Waals surface area contributed by atoms with Crippen LogP contribution in [0, 0.1) is 0 Å². The van der Waals surface area contributed by atoms with E-state index in [0.29, 0.717) is 6.42 Å².